The number of amides is 2. The first-order valence-electron chi connectivity index (χ1n) is 7.55. The van der Waals surface area contributed by atoms with Gasteiger partial charge < -0.3 is 10.6 Å². The Labute approximate surface area is 141 Å². The molecular formula is C16H16F4N4O. The van der Waals surface area contributed by atoms with Crippen LogP contribution >= 0.6 is 0 Å². The number of alkyl halides is 3. The van der Waals surface area contributed by atoms with Crippen molar-refractivity contribution in [3.8, 4) is 11.3 Å². The highest BCUT2D eigenvalue weighted by molar-refractivity contribution is 5.90. The molecule has 134 valence electrons. The van der Waals surface area contributed by atoms with Gasteiger partial charge in [0.25, 0.3) is 0 Å². The van der Waals surface area contributed by atoms with Crippen molar-refractivity contribution < 1.29 is 22.4 Å². The number of pyridine rings is 2. The van der Waals surface area contributed by atoms with Crippen molar-refractivity contribution in [3.63, 3.8) is 0 Å². The number of rotatable bonds is 5. The second-order valence-electron chi connectivity index (χ2n) is 5.22. The lowest BCUT2D eigenvalue weighted by molar-refractivity contribution is -0.140. The van der Waals surface area contributed by atoms with E-state index in [-0.39, 0.29) is 11.3 Å². The van der Waals surface area contributed by atoms with Crippen molar-refractivity contribution in [1.29, 1.82) is 0 Å². The van der Waals surface area contributed by atoms with Crippen LogP contribution in [-0.2, 0) is 6.18 Å². The molecule has 2 aromatic rings. The predicted octanol–water partition coefficient (Wildman–Crippen LogP) is 4.22. The second kappa shape index (κ2) is 7.91. The summed E-state index contributed by atoms with van der Waals surface area (Å²) >= 11 is 0. The van der Waals surface area contributed by atoms with Gasteiger partial charge in [-0.05, 0) is 24.6 Å². The van der Waals surface area contributed by atoms with Crippen LogP contribution in [0.4, 0.5) is 28.0 Å². The second-order valence-corrected chi connectivity index (χ2v) is 5.22. The van der Waals surface area contributed by atoms with Crippen LogP contribution in [0, 0.1) is 5.82 Å². The van der Waals surface area contributed by atoms with Crippen molar-refractivity contribution in [3.05, 3.63) is 42.1 Å². The van der Waals surface area contributed by atoms with E-state index >= 15 is 0 Å². The highest BCUT2D eigenvalue weighted by Crippen LogP contribution is 2.35. The highest BCUT2D eigenvalue weighted by atomic mass is 19.4. The number of carbonyl (C=O) groups excluding carboxylic acids is 1. The summed E-state index contributed by atoms with van der Waals surface area (Å²) in [6.07, 6.45) is -1.10. The number of nitrogens with one attached hydrogen (secondary N) is 2. The monoisotopic (exact) mass is 356 g/mol. The van der Waals surface area contributed by atoms with E-state index in [1.807, 2.05) is 6.92 Å². The summed E-state index contributed by atoms with van der Waals surface area (Å²) in [6, 6.07) is 2.61. The first-order chi connectivity index (χ1) is 11.8. The molecule has 0 aliphatic rings. The molecule has 2 amide bonds. The summed E-state index contributed by atoms with van der Waals surface area (Å²) < 4.78 is 53.0. The fourth-order valence-corrected chi connectivity index (χ4v) is 2.03. The van der Waals surface area contributed by atoms with E-state index < -0.39 is 29.4 Å². The molecule has 0 bridgehead atoms. The lowest BCUT2D eigenvalue weighted by Gasteiger charge is -2.14. The van der Waals surface area contributed by atoms with Gasteiger partial charge in [-0.15, -0.1) is 0 Å². The zero-order chi connectivity index (χ0) is 18.4. The van der Waals surface area contributed by atoms with E-state index in [9.17, 15) is 22.4 Å². The SMILES string of the molecule is CCCCNC(=O)Nc1ccc(-c2cncc(F)c2)nc1C(F)(F)F. The van der Waals surface area contributed by atoms with Gasteiger partial charge in [0.05, 0.1) is 17.6 Å². The number of nitrogens with zero attached hydrogens (tertiary/aromatic N) is 2. The molecule has 0 aliphatic carbocycles. The molecule has 0 fully saturated rings. The number of urea groups is 1. The van der Waals surface area contributed by atoms with Crippen LogP contribution < -0.4 is 10.6 Å². The summed E-state index contributed by atoms with van der Waals surface area (Å²) in [5, 5.41) is 4.60. The third-order valence-corrected chi connectivity index (χ3v) is 3.23. The Morgan fingerprint density at radius 1 is 1.24 bits per heavy atom. The molecule has 2 aromatic heterocycles. The third-order valence-electron chi connectivity index (χ3n) is 3.23. The maximum Gasteiger partial charge on any atom is 0.435 e. The van der Waals surface area contributed by atoms with Gasteiger partial charge in [0.1, 0.15) is 5.82 Å². The molecule has 2 rings (SSSR count). The number of halogens is 4. The van der Waals surface area contributed by atoms with Gasteiger partial charge in [-0.2, -0.15) is 13.2 Å². The molecule has 5 nitrogen and oxygen atoms in total. The molecule has 25 heavy (non-hydrogen) atoms. The van der Waals surface area contributed by atoms with Gasteiger partial charge in [0, 0.05) is 18.3 Å². The minimum absolute atomic E-state index is 0.101. The van der Waals surface area contributed by atoms with Crippen LogP contribution in [0.3, 0.4) is 0 Å². The number of aromatic nitrogens is 2. The fourth-order valence-electron chi connectivity index (χ4n) is 2.03. The van der Waals surface area contributed by atoms with Gasteiger partial charge in [0.15, 0.2) is 5.69 Å². The molecule has 0 saturated carbocycles. The summed E-state index contributed by atoms with van der Waals surface area (Å²) in [5.74, 6) is -0.689. The van der Waals surface area contributed by atoms with Crippen LogP contribution in [0.2, 0.25) is 0 Å². The maximum absolute atomic E-state index is 13.3. The first-order valence-corrected chi connectivity index (χ1v) is 7.55. The Bertz CT molecular complexity index is 749. The van der Waals surface area contributed by atoms with Crippen LogP contribution in [0.1, 0.15) is 25.5 Å². The van der Waals surface area contributed by atoms with Crippen LogP contribution in [0.15, 0.2) is 30.6 Å². The lowest BCUT2D eigenvalue weighted by Crippen LogP contribution is -2.30. The van der Waals surface area contributed by atoms with Crippen molar-refractivity contribution in [2.24, 2.45) is 0 Å². The Morgan fingerprint density at radius 2 is 2.00 bits per heavy atom. The van der Waals surface area contributed by atoms with Gasteiger partial charge in [-0.1, -0.05) is 13.3 Å². The minimum atomic E-state index is -4.79. The van der Waals surface area contributed by atoms with E-state index in [1.54, 1.807) is 0 Å². The molecule has 2 heterocycles. The third kappa shape index (κ3) is 5.13. The first kappa shape index (κ1) is 18.6. The summed E-state index contributed by atoms with van der Waals surface area (Å²) in [4.78, 5) is 18.8. The molecule has 0 unspecified atom stereocenters. The molecule has 0 atom stereocenters. The van der Waals surface area contributed by atoms with Gasteiger partial charge in [-0.25, -0.2) is 14.2 Å². The van der Waals surface area contributed by atoms with Gasteiger partial charge >= 0.3 is 12.2 Å². The Kier molecular flexibility index (Phi) is 5.89. The topological polar surface area (TPSA) is 66.9 Å². The number of hydrogen-bond acceptors (Lipinski definition) is 3. The van der Waals surface area contributed by atoms with E-state index in [4.69, 9.17) is 0 Å². The van der Waals surface area contributed by atoms with E-state index in [0.29, 0.717) is 13.0 Å². The zero-order valence-corrected chi connectivity index (χ0v) is 13.3. The van der Waals surface area contributed by atoms with Crippen LogP contribution in [0.5, 0.6) is 0 Å². The van der Waals surface area contributed by atoms with E-state index in [1.165, 1.54) is 12.3 Å². The van der Waals surface area contributed by atoms with Gasteiger partial charge in [0.2, 0.25) is 0 Å². The standard InChI is InChI=1S/C16H16F4N4O/c1-2-3-6-22-15(25)24-13-5-4-12(23-14(13)16(18,19)20)10-7-11(17)9-21-8-10/h4-5,7-9H,2-3,6H2,1H3,(H2,22,24,25). The number of anilines is 1. The molecule has 0 aliphatic heterocycles. The summed E-state index contributed by atoms with van der Waals surface area (Å²) in [7, 11) is 0. The molecule has 2 N–H and O–H groups in total. The van der Waals surface area contributed by atoms with E-state index in [0.717, 1.165) is 24.8 Å². The quantitative estimate of drug-likeness (QED) is 0.623. The number of carbonyl (C=O) groups is 1. The number of hydrogen-bond donors (Lipinski definition) is 2. The normalized spacial score (nSPS) is 11.2. The summed E-state index contributed by atoms with van der Waals surface area (Å²) in [5.41, 5.74) is -1.74. The minimum Gasteiger partial charge on any atom is -0.338 e. The smallest absolute Gasteiger partial charge is 0.338 e. The van der Waals surface area contributed by atoms with Crippen LogP contribution in [-0.4, -0.2) is 22.5 Å². The Hall–Kier alpha value is -2.71. The maximum atomic E-state index is 13.3. The average Bonchev–Trinajstić information content (AvgIpc) is 2.54. The van der Waals surface area contributed by atoms with Crippen molar-refractivity contribution in [2.75, 3.05) is 11.9 Å². The largest absolute Gasteiger partial charge is 0.435 e. The predicted molar refractivity (Wildman–Crippen MR) is 84.4 cm³/mol. The van der Waals surface area contributed by atoms with Crippen molar-refractivity contribution in [1.82, 2.24) is 15.3 Å². The molecular weight excluding hydrogens is 340 g/mol. The molecule has 9 heteroatoms. The van der Waals surface area contributed by atoms with Gasteiger partial charge in [-0.3, -0.25) is 4.98 Å². The molecule has 0 spiro atoms. The van der Waals surface area contributed by atoms with Crippen LogP contribution in [0.25, 0.3) is 11.3 Å². The Morgan fingerprint density at radius 3 is 2.64 bits per heavy atom. The lowest BCUT2D eigenvalue weighted by atomic mass is 10.1. The van der Waals surface area contributed by atoms with E-state index in [2.05, 4.69) is 20.6 Å². The number of unbranched alkanes of at least 4 members (excludes halogenated alkanes) is 1. The Balaban J connectivity index is 2.30. The van der Waals surface area contributed by atoms with Crippen molar-refractivity contribution >= 4 is 11.7 Å². The molecule has 0 saturated heterocycles. The highest BCUT2D eigenvalue weighted by Gasteiger charge is 2.36. The van der Waals surface area contributed by atoms with Crippen molar-refractivity contribution in [2.45, 2.75) is 25.9 Å². The summed E-state index contributed by atoms with van der Waals surface area (Å²) in [6.45, 7) is 2.27. The average molecular weight is 356 g/mol. The zero-order valence-electron chi connectivity index (χ0n) is 13.3. The molecule has 0 radical (unpaired) electrons. The molecule has 0 aromatic carbocycles. The fraction of sp³-hybridized carbons (Fsp3) is 0.312.